The number of rotatable bonds is 1. The minimum Gasteiger partial charge on any atom is -0.397 e. The molecule has 2 heterocycles. The molecule has 0 bridgehead atoms. The molecule has 16 heavy (non-hydrogen) atoms. The van der Waals surface area contributed by atoms with Gasteiger partial charge in [0.1, 0.15) is 5.82 Å². The lowest BCUT2D eigenvalue weighted by molar-refractivity contribution is -0.119. The Morgan fingerprint density at radius 3 is 3.12 bits per heavy atom. The summed E-state index contributed by atoms with van der Waals surface area (Å²) in [4.78, 5) is 17.7. The quantitative estimate of drug-likeness (QED) is 0.714. The summed E-state index contributed by atoms with van der Waals surface area (Å²) in [7, 11) is 0. The summed E-state index contributed by atoms with van der Waals surface area (Å²) in [5.41, 5.74) is 7.32. The molecule has 2 rings (SSSR count). The number of nitrogens with zero attached hydrogens (tertiary/aromatic N) is 2. The Balaban J connectivity index is 2.24. The van der Waals surface area contributed by atoms with Gasteiger partial charge < -0.3 is 16.0 Å². The van der Waals surface area contributed by atoms with Gasteiger partial charge in [0.15, 0.2) is 0 Å². The number of pyridine rings is 1. The summed E-state index contributed by atoms with van der Waals surface area (Å²) in [5, 5.41) is 2.84. The highest BCUT2D eigenvalue weighted by Gasteiger charge is 2.17. The summed E-state index contributed by atoms with van der Waals surface area (Å²) < 4.78 is 0. The molecule has 0 atom stereocenters. The lowest BCUT2D eigenvalue weighted by Crippen LogP contribution is -2.33. The number of nitrogens with two attached hydrogens (primary N) is 1. The van der Waals surface area contributed by atoms with Gasteiger partial charge in [0.25, 0.3) is 0 Å². The molecular formula is C11H16N4O. The average molecular weight is 220 g/mol. The molecule has 1 amide bonds. The number of amides is 1. The summed E-state index contributed by atoms with van der Waals surface area (Å²) in [6, 6.07) is 1.88. The fraction of sp³-hybridized carbons (Fsp3) is 0.455. The second-order valence-corrected chi connectivity index (χ2v) is 4.03. The number of nitrogens with one attached hydrogen (secondary N) is 1. The van der Waals surface area contributed by atoms with Crippen LogP contribution >= 0.6 is 0 Å². The van der Waals surface area contributed by atoms with E-state index in [9.17, 15) is 4.79 Å². The topological polar surface area (TPSA) is 71.2 Å². The molecule has 0 spiro atoms. The van der Waals surface area contributed by atoms with Crippen molar-refractivity contribution < 1.29 is 4.79 Å². The van der Waals surface area contributed by atoms with Crippen LogP contribution in [0.5, 0.6) is 0 Å². The van der Waals surface area contributed by atoms with Gasteiger partial charge in [0, 0.05) is 13.1 Å². The highest BCUT2D eigenvalue weighted by Crippen LogP contribution is 2.19. The van der Waals surface area contributed by atoms with Crippen molar-refractivity contribution in [1.82, 2.24) is 10.3 Å². The van der Waals surface area contributed by atoms with Crippen molar-refractivity contribution in [2.45, 2.75) is 13.3 Å². The third-order valence-electron chi connectivity index (χ3n) is 2.63. The van der Waals surface area contributed by atoms with Crippen LogP contribution in [0.3, 0.4) is 0 Å². The maximum atomic E-state index is 11.4. The van der Waals surface area contributed by atoms with Crippen LogP contribution in [0.4, 0.5) is 11.5 Å². The molecule has 5 heteroatoms. The van der Waals surface area contributed by atoms with Gasteiger partial charge in [-0.15, -0.1) is 0 Å². The van der Waals surface area contributed by atoms with E-state index in [1.165, 1.54) is 0 Å². The van der Waals surface area contributed by atoms with Gasteiger partial charge in [0.05, 0.1) is 18.4 Å². The zero-order valence-corrected chi connectivity index (χ0v) is 9.36. The minimum atomic E-state index is 0.0514. The zero-order chi connectivity index (χ0) is 11.5. The number of hydrogen-bond donors (Lipinski definition) is 2. The number of hydrogen-bond acceptors (Lipinski definition) is 4. The molecule has 0 aromatic carbocycles. The third-order valence-corrected chi connectivity index (χ3v) is 2.63. The van der Waals surface area contributed by atoms with E-state index < -0.39 is 0 Å². The predicted octanol–water partition coefficient (Wildman–Crippen LogP) is 0.299. The second kappa shape index (κ2) is 4.38. The fourth-order valence-corrected chi connectivity index (χ4v) is 1.91. The Kier molecular flexibility index (Phi) is 2.94. The zero-order valence-electron chi connectivity index (χ0n) is 9.36. The summed E-state index contributed by atoms with van der Waals surface area (Å²) >= 11 is 0. The van der Waals surface area contributed by atoms with E-state index >= 15 is 0 Å². The first-order chi connectivity index (χ1) is 7.66. The van der Waals surface area contributed by atoms with Crippen LogP contribution < -0.4 is 16.0 Å². The molecule has 1 aromatic heterocycles. The van der Waals surface area contributed by atoms with Gasteiger partial charge in [-0.3, -0.25) is 4.79 Å². The van der Waals surface area contributed by atoms with E-state index in [-0.39, 0.29) is 5.91 Å². The number of aromatic nitrogens is 1. The number of nitrogen functional groups attached to an aromatic ring is 1. The first-order valence-electron chi connectivity index (χ1n) is 5.40. The lowest BCUT2D eigenvalue weighted by atomic mass is 10.2. The molecule has 1 aliphatic rings. The summed E-state index contributed by atoms with van der Waals surface area (Å²) in [5.74, 6) is 0.904. The van der Waals surface area contributed by atoms with Crippen molar-refractivity contribution in [2.24, 2.45) is 0 Å². The smallest absolute Gasteiger partial charge is 0.239 e. The van der Waals surface area contributed by atoms with Crippen LogP contribution in [0.25, 0.3) is 0 Å². The Morgan fingerprint density at radius 1 is 1.56 bits per heavy atom. The van der Waals surface area contributed by atoms with Crippen molar-refractivity contribution in [1.29, 1.82) is 0 Å². The second-order valence-electron chi connectivity index (χ2n) is 4.03. The van der Waals surface area contributed by atoms with Crippen molar-refractivity contribution in [3.8, 4) is 0 Å². The maximum absolute atomic E-state index is 11.4. The van der Waals surface area contributed by atoms with Crippen LogP contribution in [0.2, 0.25) is 0 Å². The molecule has 0 aliphatic carbocycles. The van der Waals surface area contributed by atoms with Gasteiger partial charge in [-0.05, 0) is 25.0 Å². The lowest BCUT2D eigenvalue weighted by Gasteiger charge is -2.21. The molecule has 0 unspecified atom stereocenters. The Hall–Kier alpha value is -1.78. The van der Waals surface area contributed by atoms with Crippen LogP contribution in [0.15, 0.2) is 12.3 Å². The van der Waals surface area contributed by atoms with Gasteiger partial charge >= 0.3 is 0 Å². The molecule has 3 N–H and O–H groups in total. The van der Waals surface area contributed by atoms with E-state index in [4.69, 9.17) is 5.73 Å². The number of aryl methyl sites for hydroxylation is 1. The van der Waals surface area contributed by atoms with Gasteiger partial charge in [0.2, 0.25) is 5.91 Å². The first kappa shape index (κ1) is 10.7. The molecule has 1 aromatic rings. The number of anilines is 2. The third kappa shape index (κ3) is 2.24. The molecule has 1 saturated heterocycles. The SMILES string of the molecule is Cc1cc(N)cnc1N1CCCNC(=O)C1. The highest BCUT2D eigenvalue weighted by molar-refractivity contribution is 5.81. The van der Waals surface area contributed by atoms with Crippen molar-refractivity contribution in [3.05, 3.63) is 17.8 Å². The molecule has 0 saturated carbocycles. The van der Waals surface area contributed by atoms with Crippen molar-refractivity contribution in [3.63, 3.8) is 0 Å². The molecule has 86 valence electrons. The van der Waals surface area contributed by atoms with Crippen molar-refractivity contribution in [2.75, 3.05) is 30.3 Å². The number of carbonyl (C=O) groups is 1. The molecular weight excluding hydrogens is 204 g/mol. The predicted molar refractivity (Wildman–Crippen MR) is 63.2 cm³/mol. The molecule has 1 aliphatic heterocycles. The summed E-state index contributed by atoms with van der Waals surface area (Å²) in [6.07, 6.45) is 2.57. The first-order valence-corrected chi connectivity index (χ1v) is 5.40. The van der Waals surface area contributed by atoms with E-state index in [0.29, 0.717) is 12.2 Å². The molecule has 0 radical (unpaired) electrons. The normalized spacial score (nSPS) is 16.8. The van der Waals surface area contributed by atoms with Gasteiger partial charge in [-0.2, -0.15) is 0 Å². The van der Waals surface area contributed by atoms with Gasteiger partial charge in [-0.1, -0.05) is 0 Å². The Labute approximate surface area is 94.6 Å². The average Bonchev–Trinajstić information content (AvgIpc) is 2.43. The summed E-state index contributed by atoms with van der Waals surface area (Å²) in [6.45, 7) is 3.92. The van der Waals surface area contributed by atoms with E-state index in [1.54, 1.807) is 6.20 Å². The highest BCUT2D eigenvalue weighted by atomic mass is 16.2. The van der Waals surface area contributed by atoms with Crippen LogP contribution in [0.1, 0.15) is 12.0 Å². The minimum absolute atomic E-state index is 0.0514. The fourth-order valence-electron chi connectivity index (χ4n) is 1.91. The Bertz CT molecular complexity index is 405. The largest absolute Gasteiger partial charge is 0.397 e. The monoisotopic (exact) mass is 220 g/mol. The molecule has 5 nitrogen and oxygen atoms in total. The van der Waals surface area contributed by atoms with Gasteiger partial charge in [-0.25, -0.2) is 4.98 Å². The maximum Gasteiger partial charge on any atom is 0.239 e. The standard InChI is InChI=1S/C11H16N4O/c1-8-5-9(12)6-14-11(8)15-4-2-3-13-10(16)7-15/h5-6H,2-4,7,12H2,1H3,(H,13,16). The van der Waals surface area contributed by atoms with Crippen LogP contribution in [0, 0.1) is 6.92 Å². The van der Waals surface area contributed by atoms with Crippen molar-refractivity contribution >= 4 is 17.4 Å². The number of carbonyl (C=O) groups excluding carboxylic acids is 1. The molecule has 1 fully saturated rings. The Morgan fingerprint density at radius 2 is 2.38 bits per heavy atom. The van der Waals surface area contributed by atoms with Crippen LogP contribution in [-0.2, 0) is 4.79 Å². The van der Waals surface area contributed by atoms with E-state index in [1.807, 2.05) is 17.9 Å². The van der Waals surface area contributed by atoms with E-state index in [2.05, 4.69) is 10.3 Å². The van der Waals surface area contributed by atoms with Crippen LogP contribution in [-0.4, -0.2) is 30.5 Å². The van der Waals surface area contributed by atoms with E-state index in [0.717, 1.165) is 30.9 Å².